The summed E-state index contributed by atoms with van der Waals surface area (Å²) in [5.41, 5.74) is 1.60. The molecule has 190 valence electrons. The number of methoxy groups -OCH3 is 2. The van der Waals surface area contributed by atoms with Crippen molar-refractivity contribution in [3.05, 3.63) is 89.3 Å². The van der Waals surface area contributed by atoms with Crippen LogP contribution in [-0.2, 0) is 25.5 Å². The maximum atomic E-state index is 13.3. The molecule has 9 heteroatoms. The lowest BCUT2D eigenvalue weighted by Gasteiger charge is -2.25. The van der Waals surface area contributed by atoms with Gasteiger partial charge in [0.25, 0.3) is 11.7 Å². The number of ketones is 1. The standard InChI is InChI=1S/C28H26N2O7/c1-4-37-23(31)15-17-8-10-18(11-9-17)30-25(21-7-5-6-14-29-21)24(27(33)28(30)34)26(32)20-13-12-19(35-2)16-22(20)36-3/h5-14,16,25,32H,4,15H2,1-3H3/b26-24-. The number of aliphatic hydroxyl groups excluding tert-OH is 1. The molecule has 2 aromatic carbocycles. The minimum absolute atomic E-state index is 0.0773. The number of hydrogen-bond acceptors (Lipinski definition) is 8. The summed E-state index contributed by atoms with van der Waals surface area (Å²) in [7, 11) is 2.93. The molecule has 0 spiro atoms. The first-order valence-electron chi connectivity index (χ1n) is 11.6. The number of carbonyl (C=O) groups excluding carboxylic acids is 3. The molecule has 0 bridgehead atoms. The molecule has 3 aromatic rings. The van der Waals surface area contributed by atoms with Crippen LogP contribution in [0, 0.1) is 0 Å². The largest absolute Gasteiger partial charge is 0.507 e. The van der Waals surface area contributed by atoms with Crippen molar-refractivity contribution in [3.8, 4) is 11.5 Å². The van der Waals surface area contributed by atoms with Crippen LogP contribution in [-0.4, -0.2) is 48.6 Å². The molecule has 1 unspecified atom stereocenters. The van der Waals surface area contributed by atoms with Gasteiger partial charge in [-0.2, -0.15) is 0 Å². The fourth-order valence-electron chi connectivity index (χ4n) is 4.21. The van der Waals surface area contributed by atoms with Crippen LogP contribution < -0.4 is 14.4 Å². The van der Waals surface area contributed by atoms with Gasteiger partial charge in [-0.15, -0.1) is 0 Å². The van der Waals surface area contributed by atoms with Crippen LogP contribution in [0.5, 0.6) is 11.5 Å². The Morgan fingerprint density at radius 2 is 1.78 bits per heavy atom. The topological polar surface area (TPSA) is 115 Å². The Hall–Kier alpha value is -4.66. The SMILES string of the molecule is CCOC(=O)Cc1ccc(N2C(=O)C(=O)/C(=C(\O)c3ccc(OC)cc3OC)C2c2ccccn2)cc1. The molecule has 2 heterocycles. The van der Waals surface area contributed by atoms with Crippen LogP contribution in [0.25, 0.3) is 5.76 Å². The lowest BCUT2D eigenvalue weighted by Crippen LogP contribution is -2.29. The van der Waals surface area contributed by atoms with Crippen LogP contribution in [0.3, 0.4) is 0 Å². The smallest absolute Gasteiger partial charge is 0.310 e. The highest BCUT2D eigenvalue weighted by atomic mass is 16.5. The molecular formula is C28H26N2O7. The number of aliphatic hydroxyl groups is 1. The Labute approximate surface area is 213 Å². The summed E-state index contributed by atoms with van der Waals surface area (Å²) in [6.45, 7) is 2.02. The van der Waals surface area contributed by atoms with Crippen molar-refractivity contribution >= 4 is 29.1 Å². The number of rotatable bonds is 8. The number of nitrogens with zero attached hydrogens (tertiary/aromatic N) is 2. The number of amides is 1. The van der Waals surface area contributed by atoms with Crippen LogP contribution >= 0.6 is 0 Å². The third kappa shape index (κ3) is 5.02. The maximum absolute atomic E-state index is 13.3. The first kappa shape index (κ1) is 25.4. The molecule has 37 heavy (non-hydrogen) atoms. The highest BCUT2D eigenvalue weighted by molar-refractivity contribution is 6.51. The minimum atomic E-state index is -0.996. The summed E-state index contributed by atoms with van der Waals surface area (Å²) in [5.74, 6) is -1.67. The molecule has 1 saturated heterocycles. The molecule has 1 amide bonds. The van der Waals surface area contributed by atoms with E-state index in [0.29, 0.717) is 22.7 Å². The number of ether oxygens (including phenoxy) is 3. The normalized spacial score (nSPS) is 16.5. The van der Waals surface area contributed by atoms with Crippen molar-refractivity contribution in [1.29, 1.82) is 0 Å². The number of esters is 1. The van der Waals surface area contributed by atoms with E-state index >= 15 is 0 Å². The van der Waals surface area contributed by atoms with Crippen molar-refractivity contribution in [2.45, 2.75) is 19.4 Å². The molecule has 4 rings (SSSR count). The summed E-state index contributed by atoms with van der Waals surface area (Å²) in [4.78, 5) is 44.2. The predicted octanol–water partition coefficient (Wildman–Crippen LogP) is 3.83. The van der Waals surface area contributed by atoms with Crippen molar-refractivity contribution in [1.82, 2.24) is 4.98 Å². The van der Waals surface area contributed by atoms with E-state index < -0.39 is 23.5 Å². The second kappa shape index (κ2) is 10.9. The molecule has 0 saturated carbocycles. The van der Waals surface area contributed by atoms with Crippen molar-refractivity contribution in [2.24, 2.45) is 0 Å². The molecule has 9 nitrogen and oxygen atoms in total. The van der Waals surface area contributed by atoms with Gasteiger partial charge in [0.2, 0.25) is 0 Å². The Bertz CT molecular complexity index is 1350. The highest BCUT2D eigenvalue weighted by Gasteiger charge is 2.47. The van der Waals surface area contributed by atoms with E-state index in [4.69, 9.17) is 14.2 Å². The van der Waals surface area contributed by atoms with Crippen LogP contribution in [0.15, 0.2) is 72.4 Å². The monoisotopic (exact) mass is 502 g/mol. The summed E-state index contributed by atoms with van der Waals surface area (Å²) >= 11 is 0. The number of aromatic nitrogens is 1. The van der Waals surface area contributed by atoms with Gasteiger partial charge in [-0.05, 0) is 48.9 Å². The Morgan fingerprint density at radius 3 is 2.41 bits per heavy atom. The van der Waals surface area contributed by atoms with Gasteiger partial charge in [-0.3, -0.25) is 24.3 Å². The van der Waals surface area contributed by atoms with E-state index in [9.17, 15) is 19.5 Å². The molecule has 0 aliphatic carbocycles. The third-order valence-corrected chi connectivity index (χ3v) is 5.94. The number of Topliss-reactive ketones (excluding diaryl/α,β-unsaturated/α-hetero) is 1. The number of pyridine rings is 1. The zero-order chi connectivity index (χ0) is 26.5. The number of hydrogen-bond donors (Lipinski definition) is 1. The van der Waals surface area contributed by atoms with Gasteiger partial charge in [0, 0.05) is 18.0 Å². The average Bonchev–Trinajstić information content (AvgIpc) is 3.19. The molecule has 1 fully saturated rings. The van der Waals surface area contributed by atoms with E-state index in [-0.39, 0.29) is 35.9 Å². The summed E-state index contributed by atoms with van der Waals surface area (Å²) in [6, 6.07) is 15.5. The van der Waals surface area contributed by atoms with Crippen LogP contribution in [0.4, 0.5) is 5.69 Å². The highest BCUT2D eigenvalue weighted by Crippen LogP contribution is 2.43. The molecule has 1 aliphatic heterocycles. The molecule has 1 aromatic heterocycles. The third-order valence-electron chi connectivity index (χ3n) is 5.94. The van der Waals surface area contributed by atoms with Crippen molar-refractivity contribution < 1.29 is 33.7 Å². The first-order valence-corrected chi connectivity index (χ1v) is 11.6. The van der Waals surface area contributed by atoms with Gasteiger partial charge < -0.3 is 19.3 Å². The molecule has 0 radical (unpaired) electrons. The maximum Gasteiger partial charge on any atom is 0.310 e. The fourth-order valence-corrected chi connectivity index (χ4v) is 4.21. The van der Waals surface area contributed by atoms with E-state index in [1.54, 1.807) is 73.8 Å². The van der Waals surface area contributed by atoms with E-state index in [1.165, 1.54) is 19.1 Å². The zero-order valence-corrected chi connectivity index (χ0v) is 20.6. The summed E-state index contributed by atoms with van der Waals surface area (Å²) in [6.07, 6.45) is 1.62. The van der Waals surface area contributed by atoms with Gasteiger partial charge in [-0.25, -0.2) is 0 Å². The first-order chi connectivity index (χ1) is 17.9. The molecular weight excluding hydrogens is 476 g/mol. The minimum Gasteiger partial charge on any atom is -0.507 e. The second-order valence-electron chi connectivity index (χ2n) is 8.14. The van der Waals surface area contributed by atoms with Gasteiger partial charge in [-0.1, -0.05) is 18.2 Å². The van der Waals surface area contributed by atoms with Gasteiger partial charge in [0.1, 0.15) is 23.3 Å². The Balaban J connectivity index is 1.82. The predicted molar refractivity (Wildman–Crippen MR) is 135 cm³/mol. The molecule has 1 aliphatic rings. The van der Waals surface area contributed by atoms with Crippen LogP contribution in [0.2, 0.25) is 0 Å². The average molecular weight is 503 g/mol. The van der Waals surface area contributed by atoms with E-state index in [0.717, 1.165) is 0 Å². The number of benzene rings is 2. The lowest BCUT2D eigenvalue weighted by atomic mass is 9.97. The van der Waals surface area contributed by atoms with Gasteiger partial charge in [0.05, 0.1) is 44.1 Å². The van der Waals surface area contributed by atoms with Crippen molar-refractivity contribution in [3.63, 3.8) is 0 Å². The summed E-state index contributed by atoms with van der Waals surface area (Å²) < 4.78 is 15.6. The van der Waals surface area contributed by atoms with Gasteiger partial charge in [0.15, 0.2) is 0 Å². The fraction of sp³-hybridized carbons (Fsp3) is 0.214. The number of carbonyl (C=O) groups is 3. The van der Waals surface area contributed by atoms with Gasteiger partial charge >= 0.3 is 5.97 Å². The Morgan fingerprint density at radius 1 is 1.03 bits per heavy atom. The quantitative estimate of drug-likeness (QED) is 0.214. The lowest BCUT2D eigenvalue weighted by molar-refractivity contribution is -0.142. The van der Waals surface area contributed by atoms with Crippen LogP contribution in [0.1, 0.15) is 29.8 Å². The Kier molecular flexibility index (Phi) is 7.52. The summed E-state index contributed by atoms with van der Waals surface area (Å²) in [5, 5.41) is 11.4. The van der Waals surface area contributed by atoms with E-state index in [1.807, 2.05) is 0 Å². The number of anilines is 1. The van der Waals surface area contributed by atoms with E-state index in [2.05, 4.69) is 4.98 Å². The molecule has 1 N–H and O–H groups in total. The molecule has 1 atom stereocenters. The zero-order valence-electron chi connectivity index (χ0n) is 20.6. The second-order valence-corrected chi connectivity index (χ2v) is 8.14. The van der Waals surface area contributed by atoms with Crippen molar-refractivity contribution in [2.75, 3.05) is 25.7 Å².